The monoisotopic (exact) mass is 667 g/mol. The van der Waals surface area contributed by atoms with Crippen LogP contribution < -0.4 is 4.90 Å². The second-order valence-electron chi connectivity index (χ2n) is 12.8. The summed E-state index contributed by atoms with van der Waals surface area (Å²) in [6.45, 7) is 8.48. The zero-order valence-corrected chi connectivity index (χ0v) is 26.8. The predicted molar refractivity (Wildman–Crippen MR) is 164 cm³/mol. The Morgan fingerprint density at radius 3 is 1.98 bits per heavy atom. The van der Waals surface area contributed by atoms with Crippen molar-refractivity contribution in [2.24, 2.45) is 23.7 Å². The Hall–Kier alpha value is -3.64. The number of amides is 2. The Morgan fingerprint density at radius 1 is 0.957 bits per heavy atom. The van der Waals surface area contributed by atoms with Gasteiger partial charge in [-0.1, -0.05) is 38.0 Å². The third-order valence-corrected chi connectivity index (χ3v) is 9.28. The summed E-state index contributed by atoms with van der Waals surface area (Å²) in [6, 6.07) is 4.30. The number of fused-ring (bicyclic) bond motifs is 1. The standard InChI is InChI=1S/C35H39F6NO5/c1-6-20(11-21-9-18(4)31(45)19(5)10-21)7-8-28(44)29-25(17(2)3)15-26-30(27(29)16-43)33(47)42(32(26)46)24-13-22(34(36,37)38)12-23(14-24)35(39,40)41/h9-14,17,26-28,30,43-45H,6-8,15-16H2,1-5H3/b20-11+/t26-,27+,28-,30-/m1/s1. The zero-order chi connectivity index (χ0) is 35.2. The van der Waals surface area contributed by atoms with Gasteiger partial charge in [-0.15, -0.1) is 0 Å². The van der Waals surface area contributed by atoms with Gasteiger partial charge in [-0.25, -0.2) is 4.90 Å². The number of allylic oxidation sites excluding steroid dienone is 2. The number of alkyl halides is 6. The summed E-state index contributed by atoms with van der Waals surface area (Å²) in [5.41, 5.74) is 0.106. The topological polar surface area (TPSA) is 98.1 Å². The van der Waals surface area contributed by atoms with Gasteiger partial charge in [-0.05, 0) is 98.0 Å². The lowest BCUT2D eigenvalue weighted by Crippen LogP contribution is -2.40. The fourth-order valence-corrected chi connectivity index (χ4v) is 6.90. The number of phenols is 1. The molecule has 2 amide bonds. The van der Waals surface area contributed by atoms with Crippen LogP contribution in [-0.2, 0) is 21.9 Å². The molecule has 2 aromatic rings. The van der Waals surface area contributed by atoms with Crippen molar-refractivity contribution in [2.75, 3.05) is 11.5 Å². The molecule has 0 radical (unpaired) electrons. The van der Waals surface area contributed by atoms with E-state index in [0.717, 1.165) is 11.1 Å². The first kappa shape index (κ1) is 36.2. The summed E-state index contributed by atoms with van der Waals surface area (Å²) in [7, 11) is 0. The van der Waals surface area contributed by atoms with Crippen LogP contribution in [0.15, 0.2) is 47.1 Å². The van der Waals surface area contributed by atoms with Crippen LogP contribution in [0, 0.1) is 37.5 Å². The molecular formula is C35H39F6NO5. The number of aliphatic hydroxyl groups is 2. The van der Waals surface area contributed by atoms with Crippen molar-refractivity contribution >= 4 is 23.6 Å². The van der Waals surface area contributed by atoms with Crippen LogP contribution in [0.4, 0.5) is 32.0 Å². The molecular weight excluding hydrogens is 628 g/mol. The van der Waals surface area contributed by atoms with Gasteiger partial charge < -0.3 is 15.3 Å². The predicted octanol–water partition coefficient (Wildman–Crippen LogP) is 7.75. The SMILES string of the molecule is CC/C(=C\c1cc(C)c(O)c(C)c1)CC[C@@H](O)C1=C(C(C)C)C[C@H]2C(=O)N(c3cc(C(F)(F)F)cc(C(F)(F)F)c3)C(=O)[C@H]2[C@H]1CO. The van der Waals surface area contributed by atoms with Crippen molar-refractivity contribution in [1.29, 1.82) is 0 Å². The molecule has 6 nitrogen and oxygen atoms in total. The molecule has 0 bridgehead atoms. The number of carbonyl (C=O) groups is 2. The molecule has 1 aliphatic carbocycles. The fourth-order valence-electron chi connectivity index (χ4n) is 6.90. The average Bonchev–Trinajstić information content (AvgIpc) is 3.24. The zero-order valence-electron chi connectivity index (χ0n) is 26.8. The molecule has 12 heteroatoms. The van der Waals surface area contributed by atoms with E-state index in [9.17, 15) is 51.3 Å². The first-order valence-corrected chi connectivity index (χ1v) is 15.5. The molecule has 0 unspecified atom stereocenters. The second kappa shape index (κ2) is 13.5. The summed E-state index contributed by atoms with van der Waals surface area (Å²) in [5, 5.41) is 32.2. The molecule has 0 saturated carbocycles. The third-order valence-electron chi connectivity index (χ3n) is 9.28. The number of halogens is 6. The highest BCUT2D eigenvalue weighted by molar-refractivity contribution is 6.22. The van der Waals surface area contributed by atoms with E-state index in [1.807, 2.05) is 39.0 Å². The van der Waals surface area contributed by atoms with Gasteiger partial charge in [0.25, 0.3) is 0 Å². The van der Waals surface area contributed by atoms with Gasteiger partial charge in [0, 0.05) is 5.92 Å². The largest absolute Gasteiger partial charge is 0.507 e. The van der Waals surface area contributed by atoms with Crippen LogP contribution in [0.1, 0.15) is 74.3 Å². The first-order valence-electron chi connectivity index (χ1n) is 15.5. The van der Waals surface area contributed by atoms with E-state index >= 15 is 0 Å². The summed E-state index contributed by atoms with van der Waals surface area (Å²) >= 11 is 0. The molecule has 1 aliphatic heterocycles. The third kappa shape index (κ3) is 7.28. The Balaban J connectivity index is 1.68. The second-order valence-corrected chi connectivity index (χ2v) is 12.8. The van der Waals surface area contributed by atoms with E-state index < -0.39 is 71.4 Å². The average molecular weight is 668 g/mol. The first-order chi connectivity index (χ1) is 21.8. The molecule has 1 saturated heterocycles. The van der Waals surface area contributed by atoms with Crippen LogP contribution in [-0.4, -0.2) is 39.8 Å². The number of hydrogen-bond acceptors (Lipinski definition) is 5. The van der Waals surface area contributed by atoms with Gasteiger partial charge in [0.1, 0.15) is 5.75 Å². The van der Waals surface area contributed by atoms with Gasteiger partial charge in [0.2, 0.25) is 11.8 Å². The molecule has 0 spiro atoms. The van der Waals surface area contributed by atoms with Crippen molar-refractivity contribution < 1.29 is 51.3 Å². The maximum absolute atomic E-state index is 13.8. The number of carbonyl (C=O) groups excluding carboxylic acids is 2. The van der Waals surface area contributed by atoms with Crippen LogP contribution in [0.25, 0.3) is 6.08 Å². The van der Waals surface area contributed by atoms with E-state index in [1.165, 1.54) is 0 Å². The number of rotatable bonds is 9. The van der Waals surface area contributed by atoms with E-state index in [2.05, 4.69) is 0 Å². The van der Waals surface area contributed by atoms with Crippen LogP contribution in [0.5, 0.6) is 5.75 Å². The van der Waals surface area contributed by atoms with Crippen molar-refractivity contribution in [3.05, 3.63) is 74.9 Å². The minimum absolute atomic E-state index is 0.0417. The normalized spacial score (nSPS) is 21.6. The smallest absolute Gasteiger partial charge is 0.416 e. The maximum atomic E-state index is 13.8. The van der Waals surface area contributed by atoms with Gasteiger partial charge in [0.05, 0.1) is 41.4 Å². The number of aliphatic hydroxyl groups excluding tert-OH is 2. The van der Waals surface area contributed by atoms with E-state index in [0.29, 0.717) is 52.1 Å². The molecule has 2 aromatic carbocycles. The van der Waals surface area contributed by atoms with Crippen molar-refractivity contribution in [1.82, 2.24) is 0 Å². The number of imide groups is 1. The summed E-state index contributed by atoms with van der Waals surface area (Å²) in [5.74, 6) is -5.51. The van der Waals surface area contributed by atoms with Crippen LogP contribution in [0.3, 0.4) is 0 Å². The Morgan fingerprint density at radius 2 is 1.51 bits per heavy atom. The summed E-state index contributed by atoms with van der Waals surface area (Å²) in [6.07, 6.45) is -8.31. The molecule has 4 atom stereocenters. The molecule has 2 aliphatic rings. The lowest BCUT2D eigenvalue weighted by atomic mass is 9.66. The molecule has 1 fully saturated rings. The summed E-state index contributed by atoms with van der Waals surface area (Å²) in [4.78, 5) is 27.8. The van der Waals surface area contributed by atoms with Crippen LogP contribution >= 0.6 is 0 Å². The molecule has 256 valence electrons. The molecule has 4 rings (SSSR count). The highest BCUT2D eigenvalue weighted by Gasteiger charge is 2.56. The van der Waals surface area contributed by atoms with Crippen molar-refractivity contribution in [2.45, 2.75) is 78.8 Å². The minimum atomic E-state index is -5.18. The van der Waals surface area contributed by atoms with Gasteiger partial charge in [0.15, 0.2) is 0 Å². The van der Waals surface area contributed by atoms with Gasteiger partial charge in [-0.2, -0.15) is 26.3 Å². The number of phenolic OH excluding ortho intramolecular Hbond substituents is 1. The lowest BCUT2D eigenvalue weighted by molar-refractivity contribution is -0.143. The van der Waals surface area contributed by atoms with Crippen LogP contribution in [0.2, 0.25) is 0 Å². The molecule has 47 heavy (non-hydrogen) atoms. The lowest BCUT2D eigenvalue weighted by Gasteiger charge is -2.38. The number of benzene rings is 2. The van der Waals surface area contributed by atoms with Gasteiger partial charge >= 0.3 is 12.4 Å². The Kier molecular flexibility index (Phi) is 10.4. The van der Waals surface area contributed by atoms with Crippen molar-refractivity contribution in [3.8, 4) is 5.75 Å². The molecule has 3 N–H and O–H groups in total. The number of hydrogen-bond donors (Lipinski definition) is 3. The Labute approximate surface area is 269 Å². The quantitative estimate of drug-likeness (QED) is 0.144. The molecule has 1 heterocycles. The number of aromatic hydroxyl groups is 1. The van der Waals surface area contributed by atoms with E-state index in [1.54, 1.807) is 13.8 Å². The number of anilines is 1. The Bertz CT molecular complexity index is 1550. The highest BCUT2D eigenvalue weighted by Crippen LogP contribution is 2.50. The summed E-state index contributed by atoms with van der Waals surface area (Å²) < 4.78 is 81.6. The highest BCUT2D eigenvalue weighted by atomic mass is 19.4. The fraction of sp³-hybridized carbons (Fsp3) is 0.486. The maximum Gasteiger partial charge on any atom is 0.416 e. The minimum Gasteiger partial charge on any atom is -0.507 e. The van der Waals surface area contributed by atoms with Crippen molar-refractivity contribution in [3.63, 3.8) is 0 Å². The van der Waals surface area contributed by atoms with E-state index in [-0.39, 0.29) is 30.6 Å². The van der Waals surface area contributed by atoms with E-state index in [4.69, 9.17) is 0 Å². The molecule has 0 aromatic heterocycles. The number of aryl methyl sites for hydroxylation is 2. The number of nitrogens with zero attached hydrogens (tertiary/aromatic N) is 1. The van der Waals surface area contributed by atoms with Gasteiger partial charge in [-0.3, -0.25) is 9.59 Å².